The lowest BCUT2D eigenvalue weighted by Gasteiger charge is -2.28. The van der Waals surface area contributed by atoms with Gasteiger partial charge in [-0.1, -0.05) is 30.3 Å². The number of hydrogen-bond acceptors (Lipinski definition) is 4. The number of thioether (sulfide) groups is 1. The van der Waals surface area contributed by atoms with Crippen LogP contribution in [-0.4, -0.2) is 36.7 Å². The van der Waals surface area contributed by atoms with E-state index < -0.39 is 0 Å². The maximum absolute atomic E-state index is 10.1. The fourth-order valence-electron chi connectivity index (χ4n) is 3.00. The molecule has 24 heavy (non-hydrogen) atoms. The van der Waals surface area contributed by atoms with Gasteiger partial charge < -0.3 is 15.2 Å². The minimum atomic E-state index is -0.291. The number of rotatable bonds is 7. The third-order valence-electron chi connectivity index (χ3n) is 4.33. The van der Waals surface area contributed by atoms with Crippen molar-refractivity contribution in [3.05, 3.63) is 60.2 Å². The molecule has 2 aromatic carbocycles. The van der Waals surface area contributed by atoms with Crippen molar-refractivity contribution in [1.29, 1.82) is 0 Å². The lowest BCUT2D eigenvalue weighted by Crippen LogP contribution is -2.39. The van der Waals surface area contributed by atoms with Crippen LogP contribution in [0.5, 0.6) is 5.75 Å². The summed E-state index contributed by atoms with van der Waals surface area (Å²) < 4.78 is 5.82. The SMILES string of the molecule is OC1CNCCC1c1ccc(OCCCSc2ccccc2)cc1. The zero-order valence-corrected chi connectivity index (χ0v) is 14.7. The number of hydrogen-bond donors (Lipinski definition) is 2. The van der Waals surface area contributed by atoms with Crippen molar-refractivity contribution >= 4 is 11.8 Å². The standard InChI is InChI=1S/C20H25NO2S/c22-20-15-21-12-11-19(20)16-7-9-17(10-8-16)23-13-4-14-24-18-5-2-1-3-6-18/h1-3,5-10,19-22H,4,11-15H2. The molecule has 0 aliphatic carbocycles. The average molecular weight is 343 g/mol. The van der Waals surface area contributed by atoms with Crippen molar-refractivity contribution in [2.24, 2.45) is 0 Å². The Morgan fingerprint density at radius 3 is 2.62 bits per heavy atom. The van der Waals surface area contributed by atoms with Crippen LogP contribution in [0.4, 0.5) is 0 Å². The van der Waals surface area contributed by atoms with E-state index in [-0.39, 0.29) is 12.0 Å². The number of aliphatic hydroxyl groups excluding tert-OH is 1. The summed E-state index contributed by atoms with van der Waals surface area (Å²) in [6.45, 7) is 2.39. The first-order valence-electron chi connectivity index (χ1n) is 8.62. The second kappa shape index (κ2) is 9.11. The molecule has 3 rings (SSSR count). The van der Waals surface area contributed by atoms with Gasteiger partial charge in [-0.15, -0.1) is 11.8 Å². The third kappa shape index (κ3) is 5.00. The summed E-state index contributed by atoms with van der Waals surface area (Å²) in [7, 11) is 0. The van der Waals surface area contributed by atoms with Crippen LogP contribution in [0.15, 0.2) is 59.5 Å². The van der Waals surface area contributed by atoms with Gasteiger partial charge in [-0.05, 0) is 49.2 Å². The van der Waals surface area contributed by atoms with Crippen LogP contribution < -0.4 is 10.1 Å². The Balaban J connectivity index is 1.40. The number of β-amino-alcohol motifs (C(OH)–C–C–N with tert-alkyl or cyclic N) is 1. The van der Waals surface area contributed by atoms with Gasteiger partial charge in [0.25, 0.3) is 0 Å². The highest BCUT2D eigenvalue weighted by Gasteiger charge is 2.24. The Kier molecular flexibility index (Phi) is 6.58. The number of aliphatic hydroxyl groups is 1. The van der Waals surface area contributed by atoms with Gasteiger partial charge in [0, 0.05) is 23.1 Å². The van der Waals surface area contributed by atoms with E-state index in [1.165, 1.54) is 10.5 Å². The summed E-state index contributed by atoms with van der Waals surface area (Å²) in [6, 6.07) is 18.7. The highest BCUT2D eigenvalue weighted by atomic mass is 32.2. The minimum Gasteiger partial charge on any atom is -0.494 e. The quantitative estimate of drug-likeness (QED) is 0.594. The van der Waals surface area contributed by atoms with Gasteiger partial charge in [-0.25, -0.2) is 0 Å². The first-order valence-corrected chi connectivity index (χ1v) is 9.61. The Labute approximate surface area is 148 Å². The van der Waals surface area contributed by atoms with Crippen LogP contribution in [0.3, 0.4) is 0 Å². The Morgan fingerprint density at radius 1 is 1.08 bits per heavy atom. The fraction of sp³-hybridized carbons (Fsp3) is 0.400. The van der Waals surface area contributed by atoms with Crippen LogP contribution in [0.25, 0.3) is 0 Å². The number of nitrogens with one attached hydrogen (secondary N) is 1. The van der Waals surface area contributed by atoms with Gasteiger partial charge in [0.1, 0.15) is 5.75 Å². The molecule has 0 amide bonds. The van der Waals surface area contributed by atoms with E-state index in [0.717, 1.165) is 37.5 Å². The van der Waals surface area contributed by atoms with Gasteiger partial charge in [-0.3, -0.25) is 0 Å². The molecular weight excluding hydrogens is 318 g/mol. The van der Waals surface area contributed by atoms with Crippen molar-refractivity contribution < 1.29 is 9.84 Å². The molecule has 0 radical (unpaired) electrons. The summed E-state index contributed by atoms with van der Waals surface area (Å²) in [4.78, 5) is 1.31. The Bertz CT molecular complexity index is 603. The largest absolute Gasteiger partial charge is 0.494 e. The normalized spacial score (nSPS) is 20.7. The molecule has 0 spiro atoms. The molecule has 1 saturated heterocycles. The smallest absolute Gasteiger partial charge is 0.119 e. The molecular formula is C20H25NO2S. The highest BCUT2D eigenvalue weighted by molar-refractivity contribution is 7.99. The molecule has 3 nitrogen and oxygen atoms in total. The topological polar surface area (TPSA) is 41.5 Å². The van der Waals surface area contributed by atoms with Crippen molar-refractivity contribution in [1.82, 2.24) is 5.32 Å². The zero-order valence-electron chi connectivity index (χ0n) is 13.9. The summed E-state index contributed by atoms with van der Waals surface area (Å²) in [5, 5.41) is 13.3. The first-order chi connectivity index (χ1) is 11.8. The van der Waals surface area contributed by atoms with Gasteiger partial charge >= 0.3 is 0 Å². The third-order valence-corrected chi connectivity index (χ3v) is 5.43. The zero-order chi connectivity index (χ0) is 16.6. The average Bonchev–Trinajstić information content (AvgIpc) is 2.63. The second-order valence-electron chi connectivity index (χ2n) is 6.10. The molecule has 1 aliphatic rings. The van der Waals surface area contributed by atoms with E-state index in [1.54, 1.807) is 0 Å². The van der Waals surface area contributed by atoms with Crippen LogP contribution in [0.2, 0.25) is 0 Å². The maximum atomic E-state index is 10.1. The summed E-state index contributed by atoms with van der Waals surface area (Å²) >= 11 is 1.86. The minimum absolute atomic E-state index is 0.238. The maximum Gasteiger partial charge on any atom is 0.119 e. The van der Waals surface area contributed by atoms with Gasteiger partial charge in [-0.2, -0.15) is 0 Å². The number of piperidine rings is 1. The van der Waals surface area contributed by atoms with E-state index in [1.807, 2.05) is 30.0 Å². The molecule has 2 unspecified atom stereocenters. The predicted octanol–water partition coefficient (Wildman–Crippen LogP) is 3.69. The lowest BCUT2D eigenvalue weighted by atomic mass is 9.88. The van der Waals surface area contributed by atoms with Crippen molar-refractivity contribution in [2.75, 3.05) is 25.4 Å². The predicted molar refractivity (Wildman–Crippen MR) is 100.0 cm³/mol. The van der Waals surface area contributed by atoms with Gasteiger partial charge in [0.15, 0.2) is 0 Å². The van der Waals surface area contributed by atoms with E-state index in [2.05, 4.69) is 41.7 Å². The highest BCUT2D eigenvalue weighted by Crippen LogP contribution is 2.27. The van der Waals surface area contributed by atoms with E-state index in [4.69, 9.17) is 4.74 Å². The molecule has 2 aromatic rings. The molecule has 2 N–H and O–H groups in total. The van der Waals surface area contributed by atoms with Gasteiger partial charge in [0.2, 0.25) is 0 Å². The van der Waals surface area contributed by atoms with Crippen LogP contribution in [-0.2, 0) is 0 Å². The monoisotopic (exact) mass is 343 g/mol. The summed E-state index contributed by atoms with van der Waals surface area (Å²) in [5.41, 5.74) is 1.20. The molecule has 2 atom stereocenters. The molecule has 1 aliphatic heterocycles. The molecule has 1 heterocycles. The number of benzene rings is 2. The Morgan fingerprint density at radius 2 is 1.88 bits per heavy atom. The molecule has 0 saturated carbocycles. The second-order valence-corrected chi connectivity index (χ2v) is 7.27. The van der Waals surface area contributed by atoms with E-state index >= 15 is 0 Å². The molecule has 0 bridgehead atoms. The summed E-state index contributed by atoms with van der Waals surface area (Å²) in [5.74, 6) is 2.21. The van der Waals surface area contributed by atoms with E-state index in [0.29, 0.717) is 6.54 Å². The fourth-order valence-corrected chi connectivity index (χ4v) is 3.85. The van der Waals surface area contributed by atoms with Crippen LogP contribution in [0.1, 0.15) is 24.3 Å². The Hall–Kier alpha value is -1.49. The van der Waals surface area contributed by atoms with Crippen LogP contribution >= 0.6 is 11.8 Å². The van der Waals surface area contributed by atoms with Crippen molar-refractivity contribution in [2.45, 2.75) is 29.8 Å². The molecule has 4 heteroatoms. The summed E-state index contributed by atoms with van der Waals surface area (Å²) in [6.07, 6.45) is 1.72. The van der Waals surface area contributed by atoms with E-state index in [9.17, 15) is 5.11 Å². The first kappa shape index (κ1) is 17.3. The van der Waals surface area contributed by atoms with Crippen molar-refractivity contribution in [3.8, 4) is 5.75 Å². The van der Waals surface area contributed by atoms with Crippen molar-refractivity contribution in [3.63, 3.8) is 0 Å². The molecule has 0 aromatic heterocycles. The lowest BCUT2D eigenvalue weighted by molar-refractivity contribution is 0.118. The molecule has 128 valence electrons. The van der Waals surface area contributed by atoms with Gasteiger partial charge in [0.05, 0.1) is 12.7 Å². The number of ether oxygens (including phenoxy) is 1. The van der Waals surface area contributed by atoms with Crippen LogP contribution in [0, 0.1) is 0 Å². The molecule has 1 fully saturated rings.